The lowest BCUT2D eigenvalue weighted by Gasteiger charge is -2.30. The van der Waals surface area contributed by atoms with Crippen LogP contribution < -0.4 is 10.6 Å². The van der Waals surface area contributed by atoms with Crippen molar-refractivity contribution in [1.29, 1.82) is 0 Å². The van der Waals surface area contributed by atoms with Gasteiger partial charge in [0.1, 0.15) is 11.7 Å². The summed E-state index contributed by atoms with van der Waals surface area (Å²) < 4.78 is 5.48. The van der Waals surface area contributed by atoms with E-state index in [4.69, 9.17) is 4.74 Å². The van der Waals surface area contributed by atoms with Gasteiger partial charge in [0.15, 0.2) is 0 Å². The van der Waals surface area contributed by atoms with E-state index in [2.05, 4.69) is 10.6 Å². The van der Waals surface area contributed by atoms with E-state index >= 15 is 0 Å². The summed E-state index contributed by atoms with van der Waals surface area (Å²) in [6.45, 7) is 11.1. The van der Waals surface area contributed by atoms with E-state index in [0.29, 0.717) is 6.54 Å². The molecule has 8 nitrogen and oxygen atoms in total. The zero-order valence-corrected chi connectivity index (χ0v) is 20.0. The number of hydrogen-bond acceptors (Lipinski definition) is 5. The smallest absolute Gasteiger partial charge is 0.410 e. The fourth-order valence-electron chi connectivity index (χ4n) is 2.75. The van der Waals surface area contributed by atoms with Crippen molar-refractivity contribution >= 4 is 24.0 Å². The van der Waals surface area contributed by atoms with Gasteiger partial charge < -0.3 is 25.4 Å². The molecular formula is C24H37N3O5. The van der Waals surface area contributed by atoms with Crippen LogP contribution in [0.5, 0.6) is 0 Å². The molecule has 0 heterocycles. The highest BCUT2D eigenvalue weighted by Gasteiger charge is 2.26. The summed E-state index contributed by atoms with van der Waals surface area (Å²) in [5.41, 5.74) is 0.322. The van der Waals surface area contributed by atoms with E-state index in [1.54, 1.807) is 33.8 Å². The van der Waals surface area contributed by atoms with Crippen LogP contribution in [-0.2, 0) is 14.3 Å². The number of nitrogens with zero attached hydrogens (tertiary/aromatic N) is 1. The van der Waals surface area contributed by atoms with Crippen molar-refractivity contribution in [3.05, 3.63) is 41.6 Å². The van der Waals surface area contributed by atoms with Crippen LogP contribution in [0.2, 0.25) is 0 Å². The number of aliphatic hydroxyl groups excluding tert-OH is 1. The Labute approximate surface area is 191 Å². The molecule has 8 heteroatoms. The van der Waals surface area contributed by atoms with E-state index in [-0.39, 0.29) is 37.0 Å². The van der Waals surface area contributed by atoms with Gasteiger partial charge in [-0.2, -0.15) is 0 Å². The molecule has 0 aliphatic carbocycles. The number of carbonyl (C=O) groups excluding carboxylic acids is 3. The van der Waals surface area contributed by atoms with Gasteiger partial charge in [-0.1, -0.05) is 51.1 Å². The lowest BCUT2D eigenvalue weighted by molar-refractivity contribution is -0.125. The zero-order valence-electron chi connectivity index (χ0n) is 20.0. The second-order valence-electron chi connectivity index (χ2n) is 8.98. The van der Waals surface area contributed by atoms with Gasteiger partial charge in [-0.25, -0.2) is 4.79 Å². The van der Waals surface area contributed by atoms with Gasteiger partial charge in [-0.15, -0.1) is 0 Å². The molecule has 0 saturated carbocycles. The monoisotopic (exact) mass is 447 g/mol. The van der Waals surface area contributed by atoms with Gasteiger partial charge in [-0.05, 0) is 38.3 Å². The highest BCUT2D eigenvalue weighted by atomic mass is 16.6. The minimum Gasteiger partial charge on any atom is -0.444 e. The Balaban J connectivity index is 3.06. The van der Waals surface area contributed by atoms with Gasteiger partial charge in [0, 0.05) is 18.7 Å². The van der Waals surface area contributed by atoms with Crippen molar-refractivity contribution in [2.45, 2.75) is 59.7 Å². The molecular weight excluding hydrogens is 410 g/mol. The number of hydrogen-bond donors (Lipinski definition) is 3. The topological polar surface area (TPSA) is 108 Å². The average molecular weight is 448 g/mol. The quantitative estimate of drug-likeness (QED) is 0.511. The number of carbonyl (C=O) groups is 3. The van der Waals surface area contributed by atoms with Crippen LogP contribution in [0.25, 0.3) is 6.08 Å². The van der Waals surface area contributed by atoms with Crippen LogP contribution >= 0.6 is 0 Å². The Morgan fingerprint density at radius 1 is 1.09 bits per heavy atom. The van der Waals surface area contributed by atoms with Gasteiger partial charge in [0.2, 0.25) is 11.8 Å². The Bertz CT molecular complexity index is 785. The summed E-state index contributed by atoms with van der Waals surface area (Å²) in [5.74, 6) is -0.571. The van der Waals surface area contributed by atoms with Crippen molar-refractivity contribution in [3.63, 3.8) is 0 Å². The van der Waals surface area contributed by atoms with Crippen molar-refractivity contribution < 1.29 is 24.2 Å². The molecule has 3 amide bonds. The maximum Gasteiger partial charge on any atom is 0.410 e. The maximum atomic E-state index is 12.7. The largest absolute Gasteiger partial charge is 0.444 e. The fourth-order valence-corrected chi connectivity index (χ4v) is 2.75. The number of nitrogens with one attached hydrogen (secondary N) is 2. The zero-order chi connectivity index (χ0) is 24.3. The highest BCUT2D eigenvalue weighted by molar-refractivity contribution is 5.86. The lowest BCUT2D eigenvalue weighted by Crippen LogP contribution is -2.46. The molecule has 32 heavy (non-hydrogen) atoms. The molecule has 3 N–H and O–H groups in total. The first-order valence-electron chi connectivity index (χ1n) is 10.9. The van der Waals surface area contributed by atoms with E-state index in [1.807, 2.05) is 44.2 Å². The van der Waals surface area contributed by atoms with Gasteiger partial charge >= 0.3 is 6.09 Å². The number of amides is 3. The fraction of sp³-hybridized carbons (Fsp3) is 0.542. The molecule has 1 atom stereocenters. The Morgan fingerprint density at radius 3 is 2.25 bits per heavy atom. The molecule has 1 rings (SSSR count). The third-order valence-electron chi connectivity index (χ3n) is 4.16. The Kier molecular flexibility index (Phi) is 10.9. The van der Waals surface area contributed by atoms with Crippen LogP contribution in [0.15, 0.2) is 36.0 Å². The highest BCUT2D eigenvalue weighted by Crippen LogP contribution is 2.15. The molecule has 0 radical (unpaired) electrons. The summed E-state index contributed by atoms with van der Waals surface area (Å²) in [6.07, 6.45) is 0.202. The molecule has 0 aliphatic rings. The number of ether oxygens (including phenoxy) is 1. The first kappa shape index (κ1) is 27.2. The molecule has 0 bridgehead atoms. The van der Waals surface area contributed by atoms with Crippen molar-refractivity contribution in [3.8, 4) is 0 Å². The minimum absolute atomic E-state index is 0.0621. The van der Waals surface area contributed by atoms with Gasteiger partial charge in [0.05, 0.1) is 13.1 Å². The number of aliphatic hydroxyl groups is 1. The second-order valence-corrected chi connectivity index (χ2v) is 8.98. The van der Waals surface area contributed by atoms with Crippen molar-refractivity contribution in [1.82, 2.24) is 15.5 Å². The molecule has 0 aliphatic heterocycles. The predicted octanol–water partition coefficient (Wildman–Crippen LogP) is 2.92. The summed E-state index contributed by atoms with van der Waals surface area (Å²) in [6, 6.07) is 9.20. The Morgan fingerprint density at radius 2 is 1.72 bits per heavy atom. The molecule has 0 spiro atoms. The number of rotatable bonds is 10. The standard InChI is InChI=1S/C24H37N3O5/c1-7-21(29)25-14-22(30)26-19(13-18-11-9-8-10-12-18)20(28)16-27(15-17(2)3)23(31)32-24(4,5)6/h8-13,17,20,28H,7,14-16H2,1-6H3,(H,25,29)(H,26,30)/b19-13+. The normalized spacial score (nSPS) is 12.8. The average Bonchev–Trinajstić information content (AvgIpc) is 2.70. The molecule has 1 unspecified atom stereocenters. The van der Waals surface area contributed by atoms with Crippen molar-refractivity contribution in [2.75, 3.05) is 19.6 Å². The molecule has 1 aromatic rings. The third kappa shape index (κ3) is 10.9. The van der Waals surface area contributed by atoms with Crippen LogP contribution in [-0.4, -0.2) is 59.3 Å². The van der Waals surface area contributed by atoms with Gasteiger partial charge in [-0.3, -0.25) is 9.59 Å². The van der Waals surface area contributed by atoms with Gasteiger partial charge in [0.25, 0.3) is 0 Å². The molecule has 0 fully saturated rings. The summed E-state index contributed by atoms with van der Waals surface area (Å²) in [7, 11) is 0. The first-order chi connectivity index (χ1) is 14.9. The lowest BCUT2D eigenvalue weighted by atomic mass is 10.1. The van der Waals surface area contributed by atoms with Crippen molar-refractivity contribution in [2.24, 2.45) is 5.92 Å². The summed E-state index contributed by atoms with van der Waals surface area (Å²) in [4.78, 5) is 37.9. The van der Waals surface area contributed by atoms with Crippen LogP contribution in [0.3, 0.4) is 0 Å². The van der Waals surface area contributed by atoms with Crippen LogP contribution in [0.4, 0.5) is 4.79 Å². The molecule has 0 aromatic heterocycles. The SMILES string of the molecule is CCC(=O)NCC(=O)N/C(=C/c1ccccc1)C(O)CN(CC(C)C)C(=O)OC(C)(C)C. The van der Waals surface area contributed by atoms with E-state index in [9.17, 15) is 19.5 Å². The van der Waals surface area contributed by atoms with Crippen LogP contribution in [0, 0.1) is 5.92 Å². The molecule has 0 saturated heterocycles. The molecule has 1 aromatic carbocycles. The van der Waals surface area contributed by atoms with E-state index in [1.165, 1.54) is 4.90 Å². The van der Waals surface area contributed by atoms with Crippen LogP contribution in [0.1, 0.15) is 53.5 Å². The summed E-state index contributed by atoms with van der Waals surface area (Å²) >= 11 is 0. The Hall–Kier alpha value is -2.87. The molecule has 178 valence electrons. The summed E-state index contributed by atoms with van der Waals surface area (Å²) in [5, 5.41) is 16.1. The first-order valence-corrected chi connectivity index (χ1v) is 10.9. The predicted molar refractivity (Wildman–Crippen MR) is 125 cm³/mol. The second kappa shape index (κ2) is 12.9. The van der Waals surface area contributed by atoms with E-state index < -0.39 is 23.7 Å². The third-order valence-corrected chi connectivity index (χ3v) is 4.16. The van der Waals surface area contributed by atoms with E-state index in [0.717, 1.165) is 5.56 Å². The number of benzene rings is 1. The minimum atomic E-state index is -1.17. The maximum absolute atomic E-state index is 12.7.